The molecule has 2 heteroatoms. The van der Waals surface area contributed by atoms with Crippen molar-refractivity contribution < 1.29 is 4.39 Å². The van der Waals surface area contributed by atoms with Gasteiger partial charge in [-0.3, -0.25) is 0 Å². The zero-order valence-corrected chi connectivity index (χ0v) is 8.47. The standard InChI is InChI=1S/C12H14FN/c1-7(2)12-8(3)14-11-6-9(13)4-5-10(11)12/h4-7,12,14H,3H2,1-2H3/t12-/m0/s1. The van der Waals surface area contributed by atoms with Gasteiger partial charge in [-0.15, -0.1) is 0 Å². The molecule has 0 unspecified atom stereocenters. The molecule has 2 rings (SSSR count). The zero-order chi connectivity index (χ0) is 10.3. The number of hydrogen-bond acceptors (Lipinski definition) is 1. The van der Waals surface area contributed by atoms with Crippen LogP contribution in [0.2, 0.25) is 0 Å². The van der Waals surface area contributed by atoms with Crippen LogP contribution in [-0.4, -0.2) is 0 Å². The van der Waals surface area contributed by atoms with Gasteiger partial charge in [-0.05, 0) is 23.6 Å². The summed E-state index contributed by atoms with van der Waals surface area (Å²) in [5.74, 6) is 0.598. The lowest BCUT2D eigenvalue weighted by molar-refractivity contribution is 0.570. The van der Waals surface area contributed by atoms with Crippen molar-refractivity contribution in [3.8, 4) is 0 Å². The van der Waals surface area contributed by atoms with Crippen LogP contribution in [0.25, 0.3) is 0 Å². The summed E-state index contributed by atoms with van der Waals surface area (Å²) < 4.78 is 12.9. The number of nitrogens with one attached hydrogen (secondary N) is 1. The summed E-state index contributed by atoms with van der Waals surface area (Å²) in [4.78, 5) is 0. The molecule has 0 spiro atoms. The molecular formula is C12H14FN. The molecule has 1 atom stereocenters. The Balaban J connectivity index is 2.48. The van der Waals surface area contributed by atoms with E-state index in [1.54, 1.807) is 0 Å². The van der Waals surface area contributed by atoms with Gasteiger partial charge in [0.05, 0.1) is 0 Å². The lowest BCUT2D eigenvalue weighted by Gasteiger charge is -2.15. The molecule has 0 fully saturated rings. The van der Waals surface area contributed by atoms with Crippen LogP contribution in [0.15, 0.2) is 30.5 Å². The normalized spacial score (nSPS) is 19.7. The Morgan fingerprint density at radius 1 is 1.43 bits per heavy atom. The van der Waals surface area contributed by atoms with Crippen LogP contribution in [0.1, 0.15) is 25.3 Å². The Labute approximate surface area is 83.6 Å². The highest BCUT2D eigenvalue weighted by Gasteiger charge is 2.28. The predicted octanol–water partition coefficient (Wildman–Crippen LogP) is 3.50. The first-order valence-electron chi connectivity index (χ1n) is 4.85. The van der Waals surface area contributed by atoms with Crippen molar-refractivity contribution in [3.63, 3.8) is 0 Å². The Morgan fingerprint density at radius 2 is 2.14 bits per heavy atom. The van der Waals surface area contributed by atoms with E-state index in [2.05, 4.69) is 25.7 Å². The maximum absolute atomic E-state index is 12.9. The van der Waals surface area contributed by atoms with Crippen LogP contribution in [0, 0.1) is 11.7 Å². The second kappa shape index (κ2) is 3.12. The van der Waals surface area contributed by atoms with Crippen molar-refractivity contribution in [3.05, 3.63) is 41.9 Å². The van der Waals surface area contributed by atoms with Gasteiger partial charge in [0.15, 0.2) is 0 Å². The fourth-order valence-corrected chi connectivity index (χ4v) is 2.11. The van der Waals surface area contributed by atoms with Gasteiger partial charge in [-0.25, -0.2) is 4.39 Å². The molecule has 1 nitrogen and oxygen atoms in total. The fraction of sp³-hybridized carbons (Fsp3) is 0.333. The molecule has 1 aliphatic heterocycles. The summed E-state index contributed by atoms with van der Waals surface area (Å²) in [6.45, 7) is 8.27. The van der Waals surface area contributed by atoms with Crippen molar-refractivity contribution in [2.24, 2.45) is 5.92 Å². The Bertz CT molecular complexity index is 382. The highest BCUT2D eigenvalue weighted by Crippen LogP contribution is 2.42. The average molecular weight is 191 g/mol. The maximum atomic E-state index is 12.9. The number of allylic oxidation sites excluding steroid dienone is 1. The number of halogens is 1. The van der Waals surface area contributed by atoms with Crippen LogP contribution in [0.5, 0.6) is 0 Å². The molecule has 1 aromatic carbocycles. The first-order chi connectivity index (χ1) is 6.59. The van der Waals surface area contributed by atoms with E-state index in [1.165, 1.54) is 12.1 Å². The summed E-state index contributed by atoms with van der Waals surface area (Å²) in [5.41, 5.74) is 3.00. The van der Waals surface area contributed by atoms with Crippen molar-refractivity contribution in [2.75, 3.05) is 5.32 Å². The lowest BCUT2D eigenvalue weighted by Crippen LogP contribution is -2.05. The van der Waals surface area contributed by atoms with Crippen molar-refractivity contribution in [2.45, 2.75) is 19.8 Å². The predicted molar refractivity (Wildman–Crippen MR) is 56.7 cm³/mol. The first-order valence-corrected chi connectivity index (χ1v) is 4.85. The van der Waals surface area contributed by atoms with Crippen LogP contribution in [-0.2, 0) is 0 Å². The van der Waals surface area contributed by atoms with Crippen LogP contribution in [0.3, 0.4) is 0 Å². The summed E-state index contributed by atoms with van der Waals surface area (Å²) in [6, 6.07) is 4.89. The summed E-state index contributed by atoms with van der Waals surface area (Å²) in [7, 11) is 0. The first kappa shape index (κ1) is 9.25. The fourth-order valence-electron chi connectivity index (χ4n) is 2.11. The van der Waals surface area contributed by atoms with E-state index in [4.69, 9.17) is 0 Å². The minimum absolute atomic E-state index is 0.201. The van der Waals surface area contributed by atoms with E-state index in [-0.39, 0.29) is 5.82 Å². The van der Waals surface area contributed by atoms with E-state index in [1.807, 2.05) is 6.07 Å². The van der Waals surface area contributed by atoms with Gasteiger partial charge in [0, 0.05) is 17.3 Å². The van der Waals surface area contributed by atoms with E-state index in [9.17, 15) is 4.39 Å². The quantitative estimate of drug-likeness (QED) is 0.716. The molecule has 1 N–H and O–H groups in total. The van der Waals surface area contributed by atoms with E-state index in [0.717, 1.165) is 16.9 Å². The Morgan fingerprint density at radius 3 is 2.79 bits per heavy atom. The van der Waals surface area contributed by atoms with Gasteiger partial charge in [0.25, 0.3) is 0 Å². The molecule has 74 valence electrons. The third-order valence-electron chi connectivity index (χ3n) is 2.69. The number of fused-ring (bicyclic) bond motifs is 1. The topological polar surface area (TPSA) is 12.0 Å². The third-order valence-corrected chi connectivity index (χ3v) is 2.69. The summed E-state index contributed by atoms with van der Waals surface area (Å²) >= 11 is 0. The molecule has 0 bridgehead atoms. The molecule has 0 saturated carbocycles. The highest BCUT2D eigenvalue weighted by molar-refractivity contribution is 5.65. The number of rotatable bonds is 1. The van der Waals surface area contributed by atoms with Gasteiger partial charge < -0.3 is 5.32 Å². The smallest absolute Gasteiger partial charge is 0.125 e. The number of hydrogen-bond donors (Lipinski definition) is 1. The molecule has 1 aliphatic rings. The molecule has 1 aromatic rings. The lowest BCUT2D eigenvalue weighted by atomic mass is 9.88. The van der Waals surface area contributed by atoms with E-state index in [0.29, 0.717) is 11.8 Å². The van der Waals surface area contributed by atoms with Crippen molar-refractivity contribution in [1.82, 2.24) is 0 Å². The van der Waals surface area contributed by atoms with Crippen LogP contribution in [0.4, 0.5) is 10.1 Å². The molecular weight excluding hydrogens is 177 g/mol. The molecule has 0 radical (unpaired) electrons. The Hall–Kier alpha value is -1.31. The maximum Gasteiger partial charge on any atom is 0.125 e. The van der Waals surface area contributed by atoms with E-state index >= 15 is 0 Å². The van der Waals surface area contributed by atoms with Gasteiger partial charge >= 0.3 is 0 Å². The van der Waals surface area contributed by atoms with Crippen molar-refractivity contribution >= 4 is 5.69 Å². The highest BCUT2D eigenvalue weighted by atomic mass is 19.1. The summed E-state index contributed by atoms with van der Waals surface area (Å²) in [5, 5.41) is 3.14. The number of anilines is 1. The van der Waals surface area contributed by atoms with Gasteiger partial charge in [0.2, 0.25) is 0 Å². The Kier molecular flexibility index (Phi) is 2.06. The van der Waals surface area contributed by atoms with Gasteiger partial charge in [0.1, 0.15) is 5.82 Å². The molecule has 0 saturated heterocycles. The minimum Gasteiger partial charge on any atom is -0.359 e. The molecule has 1 heterocycles. The van der Waals surface area contributed by atoms with E-state index < -0.39 is 0 Å². The molecule has 14 heavy (non-hydrogen) atoms. The van der Waals surface area contributed by atoms with Crippen molar-refractivity contribution in [1.29, 1.82) is 0 Å². The van der Waals surface area contributed by atoms with Crippen LogP contribution < -0.4 is 5.32 Å². The minimum atomic E-state index is -0.201. The van der Waals surface area contributed by atoms with Gasteiger partial charge in [-0.1, -0.05) is 26.5 Å². The monoisotopic (exact) mass is 191 g/mol. The largest absolute Gasteiger partial charge is 0.359 e. The summed E-state index contributed by atoms with van der Waals surface area (Å²) in [6.07, 6.45) is 0. The molecule has 0 aliphatic carbocycles. The zero-order valence-electron chi connectivity index (χ0n) is 8.47. The third kappa shape index (κ3) is 1.31. The van der Waals surface area contributed by atoms with Gasteiger partial charge in [-0.2, -0.15) is 0 Å². The average Bonchev–Trinajstić information content (AvgIpc) is 2.39. The SMILES string of the molecule is C=C1Nc2cc(F)ccc2[C@H]1C(C)C. The second-order valence-electron chi connectivity index (χ2n) is 4.10. The second-order valence-corrected chi connectivity index (χ2v) is 4.10. The molecule has 0 amide bonds. The number of benzene rings is 1. The molecule has 0 aromatic heterocycles. The van der Waals surface area contributed by atoms with Crippen LogP contribution >= 0.6 is 0 Å².